The van der Waals surface area contributed by atoms with Gasteiger partial charge in [-0.05, 0) is 18.6 Å². The molecule has 1 fully saturated rings. The Kier molecular flexibility index (Phi) is 3.48. The van der Waals surface area contributed by atoms with Gasteiger partial charge in [0.25, 0.3) is 0 Å². The number of rotatable bonds is 3. The first-order valence-electron chi connectivity index (χ1n) is 6.49. The Hall–Kier alpha value is -1.82. The van der Waals surface area contributed by atoms with Gasteiger partial charge in [0.05, 0.1) is 25.3 Å². The van der Waals surface area contributed by atoms with Crippen molar-refractivity contribution in [1.29, 1.82) is 0 Å². The average Bonchev–Trinajstić information content (AvgIpc) is 2.73. The standard InChI is InChI=1S/C14H14N2O3S/c1-2-19-12(17)7-11-13(18)16-8-9-5-3-4-6-10(9)15-14(16)20-11/h3-6,11H,2,7-8H2,1H3. The number of carbonyl (C=O) groups is 2. The molecule has 0 spiro atoms. The molecule has 0 bridgehead atoms. The minimum atomic E-state index is -0.415. The van der Waals surface area contributed by atoms with Crippen LogP contribution in [0.4, 0.5) is 5.69 Å². The maximum atomic E-state index is 12.3. The van der Waals surface area contributed by atoms with E-state index in [0.29, 0.717) is 18.3 Å². The molecule has 1 atom stereocenters. The SMILES string of the molecule is CCOC(=O)CC1SC2=Nc3ccccc3CN2C1=O. The maximum absolute atomic E-state index is 12.3. The molecule has 3 rings (SSSR count). The minimum absolute atomic E-state index is 0.0590. The zero-order valence-corrected chi connectivity index (χ0v) is 11.9. The van der Waals surface area contributed by atoms with E-state index >= 15 is 0 Å². The van der Waals surface area contributed by atoms with Crippen LogP contribution < -0.4 is 0 Å². The Bertz CT molecular complexity index is 600. The predicted octanol–water partition coefficient (Wildman–Crippen LogP) is 2.08. The van der Waals surface area contributed by atoms with Gasteiger partial charge in [-0.3, -0.25) is 14.5 Å². The largest absolute Gasteiger partial charge is 0.466 e. The van der Waals surface area contributed by atoms with E-state index in [0.717, 1.165) is 11.3 Å². The number of hydrogen-bond acceptors (Lipinski definition) is 5. The van der Waals surface area contributed by atoms with Crippen molar-refractivity contribution < 1.29 is 14.3 Å². The molecule has 0 N–H and O–H groups in total. The zero-order valence-electron chi connectivity index (χ0n) is 11.0. The summed E-state index contributed by atoms with van der Waals surface area (Å²) in [6.07, 6.45) is 0.100. The monoisotopic (exact) mass is 290 g/mol. The van der Waals surface area contributed by atoms with Crippen LogP contribution in [-0.2, 0) is 20.9 Å². The summed E-state index contributed by atoms with van der Waals surface area (Å²) >= 11 is 1.35. The molecule has 0 saturated carbocycles. The van der Waals surface area contributed by atoms with Crippen LogP contribution >= 0.6 is 11.8 Å². The van der Waals surface area contributed by atoms with E-state index in [1.165, 1.54) is 11.8 Å². The minimum Gasteiger partial charge on any atom is -0.466 e. The summed E-state index contributed by atoms with van der Waals surface area (Å²) in [5.41, 5.74) is 1.93. The lowest BCUT2D eigenvalue weighted by molar-refractivity contribution is -0.144. The second kappa shape index (κ2) is 5.28. The molecular formula is C14H14N2O3S. The third kappa shape index (κ3) is 2.31. The number of thioether (sulfide) groups is 1. The molecule has 2 aliphatic rings. The Morgan fingerprint density at radius 1 is 1.50 bits per heavy atom. The van der Waals surface area contributed by atoms with Crippen molar-refractivity contribution in [2.24, 2.45) is 4.99 Å². The number of hydrogen-bond donors (Lipinski definition) is 0. The van der Waals surface area contributed by atoms with Gasteiger partial charge in [-0.25, -0.2) is 4.99 Å². The van der Waals surface area contributed by atoms with Crippen LogP contribution in [0.1, 0.15) is 18.9 Å². The van der Waals surface area contributed by atoms with Gasteiger partial charge in [0.2, 0.25) is 5.91 Å². The number of amides is 1. The molecule has 0 radical (unpaired) electrons. The number of fused-ring (bicyclic) bond motifs is 2. The Labute approximate surface area is 121 Å². The first kappa shape index (κ1) is 13.2. The van der Waals surface area contributed by atoms with Crippen molar-refractivity contribution in [3.63, 3.8) is 0 Å². The number of aliphatic imine (C=N–C) groups is 1. The van der Waals surface area contributed by atoms with Gasteiger partial charge in [-0.2, -0.15) is 0 Å². The summed E-state index contributed by atoms with van der Waals surface area (Å²) in [5.74, 6) is -0.396. The van der Waals surface area contributed by atoms with Crippen LogP contribution in [0.5, 0.6) is 0 Å². The van der Waals surface area contributed by atoms with E-state index in [-0.39, 0.29) is 18.3 Å². The Balaban J connectivity index is 1.78. The summed E-state index contributed by atoms with van der Waals surface area (Å²) in [4.78, 5) is 30.0. The fourth-order valence-electron chi connectivity index (χ4n) is 2.27. The smallest absolute Gasteiger partial charge is 0.307 e. The highest BCUT2D eigenvalue weighted by Crippen LogP contribution is 2.37. The Morgan fingerprint density at radius 2 is 2.30 bits per heavy atom. The van der Waals surface area contributed by atoms with Crippen molar-refractivity contribution in [3.8, 4) is 0 Å². The van der Waals surface area contributed by atoms with Crippen molar-refractivity contribution in [1.82, 2.24) is 4.90 Å². The maximum Gasteiger partial charge on any atom is 0.307 e. The van der Waals surface area contributed by atoms with Gasteiger partial charge in [0, 0.05) is 0 Å². The summed E-state index contributed by atoms with van der Waals surface area (Å²) in [7, 11) is 0. The van der Waals surface area contributed by atoms with E-state index in [4.69, 9.17) is 4.74 Å². The molecule has 104 valence electrons. The topological polar surface area (TPSA) is 59.0 Å². The molecule has 1 aromatic rings. The molecule has 2 heterocycles. The fourth-order valence-corrected chi connectivity index (χ4v) is 3.40. The first-order valence-corrected chi connectivity index (χ1v) is 7.37. The third-order valence-corrected chi connectivity index (χ3v) is 4.39. The van der Waals surface area contributed by atoms with Crippen LogP contribution in [0.3, 0.4) is 0 Å². The van der Waals surface area contributed by atoms with Crippen LogP contribution in [0, 0.1) is 0 Å². The number of amidine groups is 1. The van der Waals surface area contributed by atoms with Crippen LogP contribution in [0.2, 0.25) is 0 Å². The number of para-hydroxylation sites is 1. The number of nitrogens with zero attached hydrogens (tertiary/aromatic N) is 2. The van der Waals surface area contributed by atoms with Crippen molar-refractivity contribution in [2.45, 2.75) is 25.1 Å². The molecule has 5 nitrogen and oxygen atoms in total. The summed E-state index contributed by atoms with van der Waals surface area (Å²) in [6.45, 7) is 2.62. The van der Waals surface area contributed by atoms with Crippen molar-refractivity contribution in [2.75, 3.05) is 6.61 Å². The second-order valence-electron chi connectivity index (χ2n) is 4.56. The molecule has 1 saturated heterocycles. The lowest BCUT2D eigenvalue weighted by Crippen LogP contribution is -2.33. The van der Waals surface area contributed by atoms with Crippen LogP contribution in [0.25, 0.3) is 0 Å². The predicted molar refractivity (Wildman–Crippen MR) is 76.7 cm³/mol. The molecule has 1 aromatic carbocycles. The third-order valence-electron chi connectivity index (χ3n) is 3.21. The Morgan fingerprint density at radius 3 is 3.10 bits per heavy atom. The molecule has 6 heteroatoms. The fraction of sp³-hybridized carbons (Fsp3) is 0.357. The van der Waals surface area contributed by atoms with Crippen LogP contribution in [0.15, 0.2) is 29.3 Å². The summed E-state index contributed by atoms with van der Waals surface area (Å²) in [6, 6.07) is 7.76. The van der Waals surface area contributed by atoms with Gasteiger partial charge < -0.3 is 4.74 Å². The molecule has 1 amide bonds. The number of ether oxygens (including phenoxy) is 1. The van der Waals surface area contributed by atoms with Crippen molar-refractivity contribution >= 4 is 34.5 Å². The number of carbonyl (C=O) groups excluding carboxylic acids is 2. The highest BCUT2D eigenvalue weighted by molar-refractivity contribution is 8.15. The van der Waals surface area contributed by atoms with E-state index in [1.54, 1.807) is 11.8 Å². The molecule has 1 unspecified atom stereocenters. The van der Waals surface area contributed by atoms with Gasteiger partial charge in [-0.1, -0.05) is 30.0 Å². The van der Waals surface area contributed by atoms with Crippen molar-refractivity contribution in [3.05, 3.63) is 29.8 Å². The molecule has 0 aliphatic carbocycles. The highest BCUT2D eigenvalue weighted by atomic mass is 32.2. The average molecular weight is 290 g/mol. The molecular weight excluding hydrogens is 276 g/mol. The quantitative estimate of drug-likeness (QED) is 0.800. The lowest BCUT2D eigenvalue weighted by Gasteiger charge is -2.21. The molecule has 2 aliphatic heterocycles. The van der Waals surface area contributed by atoms with E-state index in [2.05, 4.69) is 4.99 Å². The van der Waals surface area contributed by atoms with E-state index < -0.39 is 5.25 Å². The normalized spacial score (nSPS) is 20.2. The van der Waals surface area contributed by atoms with Gasteiger partial charge in [0.15, 0.2) is 5.17 Å². The van der Waals surface area contributed by atoms with Gasteiger partial charge in [-0.15, -0.1) is 0 Å². The van der Waals surface area contributed by atoms with Gasteiger partial charge in [0.1, 0.15) is 5.25 Å². The molecule has 20 heavy (non-hydrogen) atoms. The molecule has 0 aromatic heterocycles. The van der Waals surface area contributed by atoms with Gasteiger partial charge >= 0.3 is 5.97 Å². The lowest BCUT2D eigenvalue weighted by atomic mass is 10.1. The summed E-state index contributed by atoms with van der Waals surface area (Å²) in [5, 5.41) is 0.269. The highest BCUT2D eigenvalue weighted by Gasteiger charge is 2.41. The van der Waals surface area contributed by atoms with E-state index in [1.807, 2.05) is 24.3 Å². The number of benzene rings is 1. The second-order valence-corrected chi connectivity index (χ2v) is 5.73. The van der Waals surface area contributed by atoms with E-state index in [9.17, 15) is 9.59 Å². The zero-order chi connectivity index (χ0) is 14.1. The summed E-state index contributed by atoms with van der Waals surface area (Å²) < 4.78 is 4.90. The first-order chi connectivity index (χ1) is 9.69. The number of esters is 1. The van der Waals surface area contributed by atoms with Crippen LogP contribution in [-0.4, -0.2) is 33.8 Å².